The van der Waals surface area contributed by atoms with E-state index >= 15 is 0 Å². The molecule has 0 radical (unpaired) electrons. The van der Waals surface area contributed by atoms with Crippen LogP contribution in [0.2, 0.25) is 0 Å². The fraction of sp³-hybridized carbons (Fsp3) is 0.304. The van der Waals surface area contributed by atoms with Gasteiger partial charge in [-0.2, -0.15) is 0 Å². The molecule has 11 heteroatoms. The number of benzene rings is 4. The summed E-state index contributed by atoms with van der Waals surface area (Å²) in [7, 11) is 7.75. The fourth-order valence-corrected chi connectivity index (χ4v) is 7.10. The minimum Gasteiger partial charge on any atom is -0.457 e. The van der Waals surface area contributed by atoms with Gasteiger partial charge < -0.3 is 24.5 Å². The van der Waals surface area contributed by atoms with Crippen LogP contribution in [0.3, 0.4) is 0 Å². The van der Waals surface area contributed by atoms with Gasteiger partial charge in [0.1, 0.15) is 35.2 Å². The summed E-state index contributed by atoms with van der Waals surface area (Å²) in [5, 5.41) is 0. The average molecular weight is 767 g/mol. The number of ether oxygens (including phenoxy) is 1. The summed E-state index contributed by atoms with van der Waals surface area (Å²) in [5.41, 5.74) is 5.60. The monoisotopic (exact) mass is 766 g/mol. The molecule has 4 aromatic carbocycles. The van der Waals surface area contributed by atoms with Crippen molar-refractivity contribution in [1.29, 1.82) is 0 Å². The third-order valence-electron chi connectivity index (χ3n) is 9.85. The van der Waals surface area contributed by atoms with Gasteiger partial charge in [0.05, 0.1) is 36.9 Å². The van der Waals surface area contributed by atoms with Gasteiger partial charge in [-0.05, 0) is 112 Å². The standard InChI is InChI=1S/C46H54N8O3/c1-7-27-53(45(55)43(51(3)4)35-15-11-9-12-16-35)31-41-47-29-39(49-41)33-19-23-37(24-20-33)57-38-25-21-34(22-26-38)40-30-48-42(50-40)32-54(28-8-2)46(56)44(52(5)6)36-17-13-10-14-18-36/h9-26,29-30,43-44H,7-8,27-28,31-32H2,1-6H3,(H,47,49)(H,48,50). The Morgan fingerprint density at radius 3 is 1.26 bits per heavy atom. The van der Waals surface area contributed by atoms with E-state index in [0.717, 1.165) is 58.1 Å². The summed E-state index contributed by atoms with van der Waals surface area (Å²) in [5.74, 6) is 2.98. The van der Waals surface area contributed by atoms with E-state index in [0.29, 0.717) is 37.7 Å². The van der Waals surface area contributed by atoms with E-state index in [1.165, 1.54) is 0 Å². The second-order valence-electron chi connectivity index (χ2n) is 14.7. The van der Waals surface area contributed by atoms with Crippen molar-refractivity contribution in [2.45, 2.75) is 51.9 Å². The Bertz CT molecular complexity index is 2010. The van der Waals surface area contributed by atoms with E-state index in [2.05, 4.69) is 33.8 Å². The van der Waals surface area contributed by atoms with E-state index in [9.17, 15) is 9.59 Å². The smallest absolute Gasteiger partial charge is 0.244 e. The lowest BCUT2D eigenvalue weighted by Gasteiger charge is -2.30. The van der Waals surface area contributed by atoms with Crippen molar-refractivity contribution in [2.75, 3.05) is 41.3 Å². The Hall–Kier alpha value is -6.04. The maximum absolute atomic E-state index is 13.8. The zero-order valence-electron chi connectivity index (χ0n) is 33.9. The van der Waals surface area contributed by atoms with Crippen molar-refractivity contribution < 1.29 is 14.3 Å². The van der Waals surface area contributed by atoms with Crippen LogP contribution in [-0.4, -0.2) is 92.6 Å². The lowest BCUT2D eigenvalue weighted by atomic mass is 10.0. The largest absolute Gasteiger partial charge is 0.457 e. The zero-order valence-corrected chi connectivity index (χ0v) is 33.9. The summed E-state index contributed by atoms with van der Waals surface area (Å²) in [4.78, 5) is 51.4. The highest BCUT2D eigenvalue weighted by atomic mass is 16.5. The molecule has 57 heavy (non-hydrogen) atoms. The Kier molecular flexibility index (Phi) is 13.7. The van der Waals surface area contributed by atoms with Gasteiger partial charge in [-0.25, -0.2) is 9.97 Å². The molecule has 0 fully saturated rings. The number of carbonyl (C=O) groups excluding carboxylic acids is 2. The molecule has 2 heterocycles. The molecular weight excluding hydrogens is 713 g/mol. The maximum atomic E-state index is 13.8. The number of hydrogen-bond donors (Lipinski definition) is 2. The first-order chi connectivity index (χ1) is 27.6. The molecule has 0 aliphatic carbocycles. The molecule has 0 saturated heterocycles. The van der Waals surface area contributed by atoms with Gasteiger partial charge in [0.2, 0.25) is 11.8 Å². The van der Waals surface area contributed by atoms with Crippen molar-refractivity contribution in [3.63, 3.8) is 0 Å². The lowest BCUT2D eigenvalue weighted by molar-refractivity contribution is -0.138. The number of aromatic amines is 2. The molecule has 0 aliphatic rings. The summed E-state index contributed by atoms with van der Waals surface area (Å²) >= 11 is 0. The van der Waals surface area contributed by atoms with E-state index in [4.69, 9.17) is 4.74 Å². The fourth-order valence-electron chi connectivity index (χ4n) is 7.10. The molecule has 296 valence electrons. The Balaban J connectivity index is 1.06. The number of likely N-dealkylation sites (N-methyl/N-ethyl adjacent to an activating group) is 2. The predicted octanol–water partition coefficient (Wildman–Crippen LogP) is 8.34. The maximum Gasteiger partial charge on any atom is 0.244 e. The molecule has 2 amide bonds. The summed E-state index contributed by atoms with van der Waals surface area (Å²) in [6.45, 7) is 6.21. The normalized spacial score (nSPS) is 12.4. The molecule has 2 atom stereocenters. The zero-order chi connectivity index (χ0) is 40.3. The van der Waals surface area contributed by atoms with E-state index in [1.54, 1.807) is 0 Å². The molecule has 6 aromatic rings. The number of rotatable bonds is 18. The molecule has 0 spiro atoms. The number of carbonyl (C=O) groups is 2. The van der Waals surface area contributed by atoms with Crippen LogP contribution >= 0.6 is 0 Å². The number of H-pyrrole nitrogens is 2. The predicted molar refractivity (Wildman–Crippen MR) is 225 cm³/mol. The topological polar surface area (TPSA) is 114 Å². The van der Waals surface area contributed by atoms with Gasteiger partial charge >= 0.3 is 0 Å². The second kappa shape index (κ2) is 19.2. The molecule has 0 saturated carbocycles. The van der Waals surface area contributed by atoms with Gasteiger partial charge in [-0.1, -0.05) is 74.5 Å². The van der Waals surface area contributed by atoms with Crippen LogP contribution < -0.4 is 4.74 Å². The quantitative estimate of drug-likeness (QED) is 0.0905. The first-order valence-electron chi connectivity index (χ1n) is 19.6. The third-order valence-corrected chi connectivity index (χ3v) is 9.85. The van der Waals surface area contributed by atoms with Crippen LogP contribution in [0.5, 0.6) is 11.5 Å². The van der Waals surface area contributed by atoms with Crippen molar-refractivity contribution in [2.24, 2.45) is 0 Å². The molecule has 2 N–H and O–H groups in total. The van der Waals surface area contributed by atoms with Gasteiger partial charge in [-0.15, -0.1) is 0 Å². The lowest BCUT2D eigenvalue weighted by Crippen LogP contribution is -2.40. The number of imidazole rings is 2. The molecule has 0 aliphatic heterocycles. The SMILES string of the molecule is CCCN(Cc1ncc(-c2ccc(Oc3ccc(-c4cnc(CN(CCC)C(=O)C(c5ccccc5)N(C)C)[nH]4)cc3)cc2)[nH]1)C(=O)C(c1ccccc1)N(C)C. The van der Waals surface area contributed by atoms with Crippen LogP contribution in [0.15, 0.2) is 122 Å². The van der Waals surface area contributed by atoms with Crippen molar-refractivity contribution >= 4 is 11.8 Å². The summed E-state index contributed by atoms with van der Waals surface area (Å²) < 4.78 is 6.19. The van der Waals surface area contributed by atoms with E-state index in [-0.39, 0.29) is 23.9 Å². The number of aromatic nitrogens is 4. The van der Waals surface area contributed by atoms with E-state index in [1.807, 2.05) is 169 Å². The highest BCUT2D eigenvalue weighted by Gasteiger charge is 2.29. The second-order valence-corrected chi connectivity index (χ2v) is 14.7. The average Bonchev–Trinajstić information content (AvgIpc) is 3.89. The van der Waals surface area contributed by atoms with E-state index < -0.39 is 0 Å². The first kappa shape index (κ1) is 40.6. The first-order valence-corrected chi connectivity index (χ1v) is 19.6. The molecule has 0 bridgehead atoms. The number of hydrogen-bond acceptors (Lipinski definition) is 7. The highest BCUT2D eigenvalue weighted by molar-refractivity contribution is 5.84. The van der Waals surface area contributed by atoms with Gasteiger partial charge in [0, 0.05) is 13.1 Å². The Labute approximate surface area is 336 Å². The molecule has 2 aromatic heterocycles. The van der Waals surface area contributed by atoms with Crippen molar-refractivity contribution in [3.8, 4) is 34.0 Å². The van der Waals surface area contributed by atoms with Gasteiger partial charge in [0.15, 0.2) is 0 Å². The molecule has 2 unspecified atom stereocenters. The van der Waals surface area contributed by atoms with Crippen LogP contribution in [0.25, 0.3) is 22.5 Å². The summed E-state index contributed by atoms with van der Waals surface area (Å²) in [6.07, 6.45) is 5.31. The van der Waals surface area contributed by atoms with Crippen LogP contribution in [-0.2, 0) is 22.7 Å². The third kappa shape index (κ3) is 10.2. The van der Waals surface area contributed by atoms with Crippen LogP contribution in [0, 0.1) is 0 Å². The van der Waals surface area contributed by atoms with Crippen LogP contribution in [0.4, 0.5) is 0 Å². The highest BCUT2D eigenvalue weighted by Crippen LogP contribution is 2.29. The van der Waals surface area contributed by atoms with Gasteiger partial charge in [0.25, 0.3) is 0 Å². The number of amides is 2. The molecule has 11 nitrogen and oxygen atoms in total. The molecular formula is C46H54N8O3. The number of nitrogens with one attached hydrogen (secondary N) is 2. The summed E-state index contributed by atoms with van der Waals surface area (Å²) in [6, 6.07) is 34.7. The van der Waals surface area contributed by atoms with Crippen molar-refractivity contribution in [3.05, 3.63) is 144 Å². The minimum absolute atomic E-state index is 0.0508. The number of nitrogens with zero attached hydrogens (tertiary/aromatic N) is 6. The molecule has 6 rings (SSSR count). The Morgan fingerprint density at radius 1 is 0.561 bits per heavy atom. The van der Waals surface area contributed by atoms with Crippen LogP contribution in [0.1, 0.15) is 61.5 Å². The minimum atomic E-state index is -0.374. The Morgan fingerprint density at radius 2 is 0.930 bits per heavy atom. The van der Waals surface area contributed by atoms with Crippen molar-refractivity contribution in [1.82, 2.24) is 39.5 Å². The van der Waals surface area contributed by atoms with Gasteiger partial charge in [-0.3, -0.25) is 19.4 Å².